The van der Waals surface area contributed by atoms with Crippen LogP contribution in [0.15, 0.2) is 0 Å². The number of hydrogen-bond acceptors (Lipinski definition) is 2. The molecule has 12 heavy (non-hydrogen) atoms. The number of aliphatic hydroxyl groups is 2. The van der Waals surface area contributed by atoms with Crippen LogP contribution in [0.5, 0.6) is 0 Å². The summed E-state index contributed by atoms with van der Waals surface area (Å²) < 4.78 is 0. The monoisotopic (exact) mass is 176 g/mol. The van der Waals surface area contributed by atoms with Crippen molar-refractivity contribution in [2.24, 2.45) is 5.92 Å². The zero-order chi connectivity index (χ0) is 9.82. The molecule has 0 rings (SSSR count). The van der Waals surface area contributed by atoms with Gasteiger partial charge in [-0.2, -0.15) is 0 Å². The number of rotatable bonds is 5. The molecule has 2 heteroatoms. The Morgan fingerprint density at radius 2 is 1.58 bits per heavy atom. The molecule has 0 fully saturated rings. The average molecular weight is 176 g/mol. The molecular formula is C10H24O2. The lowest BCUT2D eigenvalue weighted by Crippen LogP contribution is -1.89. The minimum absolute atomic E-state index is 0.331. The summed E-state index contributed by atoms with van der Waals surface area (Å²) in [6.07, 6.45) is 4.26. The van der Waals surface area contributed by atoms with Gasteiger partial charge in [0.05, 0.1) is 0 Å². The third-order valence-corrected chi connectivity index (χ3v) is 1.47. The van der Waals surface area contributed by atoms with Crippen LogP contribution in [0.25, 0.3) is 0 Å². The topological polar surface area (TPSA) is 40.5 Å². The highest BCUT2D eigenvalue weighted by Gasteiger charge is 1.86. The van der Waals surface area contributed by atoms with Crippen LogP contribution in [0, 0.1) is 5.92 Å². The highest BCUT2D eigenvalue weighted by Crippen LogP contribution is 1.94. The highest BCUT2D eigenvalue weighted by atomic mass is 16.3. The maximum Gasteiger partial charge on any atom is 0.0433 e. The molecule has 0 aliphatic carbocycles. The van der Waals surface area contributed by atoms with Crippen molar-refractivity contribution >= 4 is 0 Å². The van der Waals surface area contributed by atoms with Gasteiger partial charge in [0, 0.05) is 13.2 Å². The van der Waals surface area contributed by atoms with Gasteiger partial charge in [-0.1, -0.05) is 33.6 Å². The van der Waals surface area contributed by atoms with Crippen LogP contribution in [0.3, 0.4) is 0 Å². The van der Waals surface area contributed by atoms with Crippen molar-refractivity contribution in [2.75, 3.05) is 13.2 Å². The Labute approximate surface area is 76.6 Å². The molecule has 0 aromatic carbocycles. The summed E-state index contributed by atoms with van der Waals surface area (Å²) in [4.78, 5) is 0. The lowest BCUT2D eigenvalue weighted by atomic mass is 10.2. The molecule has 0 spiro atoms. The molecule has 0 radical (unpaired) electrons. The predicted octanol–water partition coefficient (Wildman–Crippen LogP) is 2.19. The Hall–Kier alpha value is -0.0800. The number of aliphatic hydroxyl groups excluding tert-OH is 2. The van der Waals surface area contributed by atoms with E-state index in [1.807, 2.05) is 0 Å². The smallest absolute Gasteiger partial charge is 0.0433 e. The Morgan fingerprint density at radius 3 is 1.67 bits per heavy atom. The van der Waals surface area contributed by atoms with Gasteiger partial charge in [0.2, 0.25) is 0 Å². The zero-order valence-electron chi connectivity index (χ0n) is 8.71. The SMILES string of the molecule is CC(C)CCO.CCCCCO. The van der Waals surface area contributed by atoms with E-state index in [-0.39, 0.29) is 0 Å². The second-order valence-corrected chi connectivity index (χ2v) is 3.34. The van der Waals surface area contributed by atoms with E-state index < -0.39 is 0 Å². The molecule has 0 bridgehead atoms. The summed E-state index contributed by atoms with van der Waals surface area (Å²) in [5.41, 5.74) is 0. The van der Waals surface area contributed by atoms with E-state index in [0.29, 0.717) is 19.1 Å². The Balaban J connectivity index is 0. The first kappa shape index (κ1) is 14.4. The molecule has 0 unspecified atom stereocenters. The van der Waals surface area contributed by atoms with Gasteiger partial charge in [-0.25, -0.2) is 0 Å². The van der Waals surface area contributed by atoms with Crippen molar-refractivity contribution in [1.82, 2.24) is 0 Å². The molecule has 0 aliphatic rings. The van der Waals surface area contributed by atoms with Crippen LogP contribution in [0.1, 0.15) is 46.5 Å². The van der Waals surface area contributed by atoms with Gasteiger partial charge in [-0.15, -0.1) is 0 Å². The van der Waals surface area contributed by atoms with E-state index >= 15 is 0 Å². The molecule has 0 saturated heterocycles. The third kappa shape index (κ3) is 22.5. The molecule has 2 N–H and O–H groups in total. The minimum Gasteiger partial charge on any atom is -0.396 e. The molecule has 0 aromatic heterocycles. The molecule has 0 aromatic rings. The fraction of sp³-hybridized carbons (Fsp3) is 1.00. The zero-order valence-corrected chi connectivity index (χ0v) is 8.71. The van der Waals surface area contributed by atoms with Crippen LogP contribution < -0.4 is 0 Å². The Kier molecular flexibility index (Phi) is 16.3. The molecule has 0 aliphatic heterocycles. The van der Waals surface area contributed by atoms with Crippen molar-refractivity contribution in [3.05, 3.63) is 0 Å². The van der Waals surface area contributed by atoms with Crippen LogP contribution >= 0.6 is 0 Å². The molecule has 0 atom stereocenters. The van der Waals surface area contributed by atoms with Crippen molar-refractivity contribution in [2.45, 2.75) is 46.5 Å². The largest absolute Gasteiger partial charge is 0.396 e. The van der Waals surface area contributed by atoms with Crippen LogP contribution in [0.4, 0.5) is 0 Å². The summed E-state index contributed by atoms with van der Waals surface area (Å²) in [5.74, 6) is 0.648. The second-order valence-electron chi connectivity index (χ2n) is 3.34. The van der Waals surface area contributed by atoms with Crippen molar-refractivity contribution in [1.29, 1.82) is 0 Å². The summed E-state index contributed by atoms with van der Waals surface area (Å²) in [6, 6.07) is 0. The first-order valence-electron chi connectivity index (χ1n) is 4.90. The summed E-state index contributed by atoms with van der Waals surface area (Å²) in [6.45, 7) is 6.99. The fourth-order valence-electron chi connectivity index (χ4n) is 0.620. The quantitative estimate of drug-likeness (QED) is 0.630. The van der Waals surface area contributed by atoms with Gasteiger partial charge in [0.1, 0.15) is 0 Å². The Bertz CT molecular complexity index is 58.9. The van der Waals surface area contributed by atoms with E-state index in [4.69, 9.17) is 10.2 Å². The summed E-state index contributed by atoms with van der Waals surface area (Å²) >= 11 is 0. The standard InChI is InChI=1S/2C5H12O/c1-5(2)3-4-6;1-2-3-4-5-6/h5-6H,3-4H2,1-2H3;6H,2-5H2,1H3. The highest BCUT2D eigenvalue weighted by molar-refractivity contribution is 4.38. The van der Waals surface area contributed by atoms with Crippen molar-refractivity contribution in [3.8, 4) is 0 Å². The van der Waals surface area contributed by atoms with Gasteiger partial charge >= 0.3 is 0 Å². The molecule has 0 saturated carbocycles. The fourth-order valence-corrected chi connectivity index (χ4v) is 0.620. The molecular weight excluding hydrogens is 152 g/mol. The van der Waals surface area contributed by atoms with Gasteiger partial charge in [-0.3, -0.25) is 0 Å². The average Bonchev–Trinajstić information content (AvgIpc) is 2.02. The number of hydrogen-bond donors (Lipinski definition) is 2. The lowest BCUT2D eigenvalue weighted by Gasteiger charge is -1.95. The van der Waals surface area contributed by atoms with Crippen molar-refractivity contribution in [3.63, 3.8) is 0 Å². The van der Waals surface area contributed by atoms with E-state index in [0.717, 1.165) is 19.3 Å². The summed E-state index contributed by atoms with van der Waals surface area (Å²) in [7, 11) is 0. The third-order valence-electron chi connectivity index (χ3n) is 1.47. The first-order chi connectivity index (χ1) is 5.68. The van der Waals surface area contributed by atoms with Gasteiger partial charge in [-0.05, 0) is 18.8 Å². The molecule has 0 heterocycles. The second kappa shape index (κ2) is 13.5. The Morgan fingerprint density at radius 1 is 1.00 bits per heavy atom. The van der Waals surface area contributed by atoms with E-state index in [2.05, 4.69) is 20.8 Å². The maximum atomic E-state index is 8.24. The molecule has 76 valence electrons. The normalized spacial score (nSPS) is 9.50. The van der Waals surface area contributed by atoms with E-state index in [1.165, 1.54) is 6.42 Å². The van der Waals surface area contributed by atoms with Gasteiger partial charge < -0.3 is 10.2 Å². The number of unbranched alkanes of at least 4 members (excludes halogenated alkanes) is 2. The predicted molar refractivity (Wildman–Crippen MR) is 53.2 cm³/mol. The first-order valence-corrected chi connectivity index (χ1v) is 4.90. The van der Waals surface area contributed by atoms with Crippen LogP contribution in [-0.4, -0.2) is 23.4 Å². The molecule has 2 nitrogen and oxygen atoms in total. The lowest BCUT2D eigenvalue weighted by molar-refractivity contribution is 0.268. The van der Waals surface area contributed by atoms with Gasteiger partial charge in [0.15, 0.2) is 0 Å². The van der Waals surface area contributed by atoms with Crippen LogP contribution in [0.2, 0.25) is 0 Å². The van der Waals surface area contributed by atoms with Crippen LogP contribution in [-0.2, 0) is 0 Å². The van der Waals surface area contributed by atoms with E-state index in [9.17, 15) is 0 Å². The van der Waals surface area contributed by atoms with Crippen molar-refractivity contribution < 1.29 is 10.2 Å². The summed E-state index contributed by atoms with van der Waals surface area (Å²) in [5, 5.41) is 16.4. The van der Waals surface area contributed by atoms with Gasteiger partial charge in [0.25, 0.3) is 0 Å². The molecule has 0 amide bonds. The maximum absolute atomic E-state index is 8.24. The minimum atomic E-state index is 0.331. The van der Waals surface area contributed by atoms with E-state index in [1.54, 1.807) is 0 Å².